The highest BCUT2D eigenvalue weighted by Gasteiger charge is 2.22. The number of amides is 1. The Morgan fingerprint density at radius 2 is 1.74 bits per heavy atom. The highest BCUT2D eigenvalue weighted by Crippen LogP contribution is 2.26. The molecule has 0 saturated carbocycles. The number of carbonyl (C=O) groups is 1. The van der Waals surface area contributed by atoms with Crippen molar-refractivity contribution < 1.29 is 13.9 Å². The van der Waals surface area contributed by atoms with Crippen LogP contribution in [0.4, 0.5) is 10.1 Å². The molecule has 19 heavy (non-hydrogen) atoms. The Labute approximate surface area is 114 Å². The average Bonchev–Trinajstić information content (AvgIpc) is 2.19. The van der Waals surface area contributed by atoms with Gasteiger partial charge in [0.25, 0.3) is 0 Å². The van der Waals surface area contributed by atoms with Gasteiger partial charge >= 0.3 is 0 Å². The van der Waals surface area contributed by atoms with E-state index >= 15 is 0 Å². The van der Waals surface area contributed by atoms with Crippen LogP contribution in [0.15, 0.2) is 18.2 Å². The number of hydrogen-bond acceptors (Lipinski definition) is 2. The maximum atomic E-state index is 13.7. The van der Waals surface area contributed by atoms with E-state index in [1.807, 2.05) is 20.8 Å². The molecular weight excluding hydrogens is 245 g/mol. The van der Waals surface area contributed by atoms with Gasteiger partial charge in [0.05, 0.1) is 5.69 Å². The molecule has 1 N–H and O–H groups in total. The molecule has 0 aliphatic heterocycles. The van der Waals surface area contributed by atoms with Gasteiger partial charge in [-0.3, -0.25) is 4.79 Å². The van der Waals surface area contributed by atoms with Crippen molar-refractivity contribution in [2.24, 2.45) is 5.41 Å². The first-order valence-corrected chi connectivity index (χ1v) is 6.29. The maximum absolute atomic E-state index is 13.7. The minimum atomic E-state index is -0.576. The summed E-state index contributed by atoms with van der Waals surface area (Å²) in [4.78, 5) is 11.9. The third-order valence-electron chi connectivity index (χ3n) is 2.29. The zero-order valence-electron chi connectivity index (χ0n) is 12.4. The molecule has 1 rings (SSSR count). The van der Waals surface area contributed by atoms with Crippen LogP contribution >= 0.6 is 0 Å². The Bertz CT molecular complexity index is 470. The molecule has 0 unspecified atom stereocenters. The number of halogens is 1. The molecule has 0 spiro atoms. The van der Waals surface area contributed by atoms with Crippen LogP contribution in [0.2, 0.25) is 0 Å². The van der Waals surface area contributed by atoms with Crippen LogP contribution < -0.4 is 10.1 Å². The Kier molecular flexibility index (Phi) is 4.23. The van der Waals surface area contributed by atoms with Crippen molar-refractivity contribution >= 4 is 11.6 Å². The van der Waals surface area contributed by atoms with Crippen LogP contribution in [0, 0.1) is 11.2 Å². The van der Waals surface area contributed by atoms with Crippen molar-refractivity contribution in [2.75, 3.05) is 5.32 Å². The molecule has 0 aliphatic carbocycles. The highest BCUT2D eigenvalue weighted by atomic mass is 19.1. The first-order valence-electron chi connectivity index (χ1n) is 6.29. The van der Waals surface area contributed by atoms with Gasteiger partial charge in [-0.15, -0.1) is 0 Å². The summed E-state index contributed by atoms with van der Waals surface area (Å²) in [7, 11) is 0. The smallest absolute Gasteiger partial charge is 0.229 e. The summed E-state index contributed by atoms with van der Waals surface area (Å²) >= 11 is 0. The molecule has 0 fully saturated rings. The molecule has 0 heterocycles. The number of nitrogens with one attached hydrogen (secondary N) is 1. The highest BCUT2D eigenvalue weighted by molar-refractivity contribution is 5.94. The largest absolute Gasteiger partial charge is 0.488 e. The van der Waals surface area contributed by atoms with Gasteiger partial charge in [0, 0.05) is 11.5 Å². The third kappa shape index (κ3) is 4.89. The zero-order valence-corrected chi connectivity index (χ0v) is 12.4. The summed E-state index contributed by atoms with van der Waals surface area (Å²) in [6.07, 6.45) is 0. The molecule has 0 atom stereocenters. The second-order valence-corrected chi connectivity index (χ2v) is 6.56. The lowest BCUT2D eigenvalue weighted by Gasteiger charge is -2.22. The van der Waals surface area contributed by atoms with Gasteiger partial charge in [-0.05, 0) is 32.9 Å². The third-order valence-corrected chi connectivity index (χ3v) is 2.29. The summed E-state index contributed by atoms with van der Waals surface area (Å²) < 4.78 is 19.3. The quantitative estimate of drug-likeness (QED) is 0.880. The van der Waals surface area contributed by atoms with Gasteiger partial charge in [0.2, 0.25) is 5.91 Å². The van der Waals surface area contributed by atoms with Crippen molar-refractivity contribution in [3.05, 3.63) is 24.0 Å². The molecular formula is C15H22FNO2. The van der Waals surface area contributed by atoms with Gasteiger partial charge < -0.3 is 10.1 Å². The minimum Gasteiger partial charge on any atom is -0.488 e. The second-order valence-electron chi connectivity index (χ2n) is 6.56. The Balaban J connectivity index is 2.95. The molecule has 3 nitrogen and oxygen atoms in total. The standard InChI is InChI=1S/C15H22FNO2/c1-14(2,3)13(18)17-12-9-10(7-8-11(12)16)19-15(4,5)6/h7-9H,1-6H3,(H,17,18). The maximum Gasteiger partial charge on any atom is 0.229 e. The van der Waals surface area contributed by atoms with Crippen LogP contribution in [0.25, 0.3) is 0 Å². The van der Waals surface area contributed by atoms with Gasteiger partial charge in [0.15, 0.2) is 0 Å². The van der Waals surface area contributed by atoms with Crippen LogP contribution in [0.1, 0.15) is 41.5 Å². The van der Waals surface area contributed by atoms with E-state index in [4.69, 9.17) is 4.74 Å². The summed E-state index contributed by atoms with van der Waals surface area (Å²) in [5, 5.41) is 2.58. The fourth-order valence-electron chi connectivity index (χ4n) is 1.33. The predicted octanol–water partition coefficient (Wildman–Crippen LogP) is 3.99. The number of hydrogen-bond donors (Lipinski definition) is 1. The van der Waals surface area contributed by atoms with E-state index in [1.54, 1.807) is 26.8 Å². The first-order chi connectivity index (χ1) is 8.49. The number of rotatable bonds is 2. The van der Waals surface area contributed by atoms with Crippen LogP contribution in [-0.4, -0.2) is 11.5 Å². The first kappa shape index (κ1) is 15.5. The van der Waals surface area contributed by atoms with Gasteiger partial charge in [-0.25, -0.2) is 4.39 Å². The Hall–Kier alpha value is -1.58. The molecule has 0 aliphatic rings. The fraction of sp³-hybridized carbons (Fsp3) is 0.533. The topological polar surface area (TPSA) is 38.3 Å². The van der Waals surface area contributed by atoms with Crippen molar-refractivity contribution in [1.29, 1.82) is 0 Å². The SMILES string of the molecule is CC(C)(C)Oc1ccc(F)c(NC(=O)C(C)(C)C)c1. The molecule has 0 saturated heterocycles. The molecule has 1 aromatic rings. The van der Waals surface area contributed by atoms with E-state index in [0.29, 0.717) is 5.75 Å². The van der Waals surface area contributed by atoms with Crippen LogP contribution in [0.3, 0.4) is 0 Å². The molecule has 1 aromatic carbocycles. The lowest BCUT2D eigenvalue weighted by molar-refractivity contribution is -0.123. The van der Waals surface area contributed by atoms with E-state index in [-0.39, 0.29) is 17.2 Å². The van der Waals surface area contributed by atoms with Crippen molar-refractivity contribution in [2.45, 2.75) is 47.1 Å². The van der Waals surface area contributed by atoms with Crippen molar-refractivity contribution in [3.8, 4) is 5.75 Å². The van der Waals surface area contributed by atoms with Crippen molar-refractivity contribution in [3.63, 3.8) is 0 Å². The molecule has 0 aromatic heterocycles. The van der Waals surface area contributed by atoms with Crippen LogP contribution in [-0.2, 0) is 4.79 Å². The van der Waals surface area contributed by atoms with Crippen LogP contribution in [0.5, 0.6) is 5.75 Å². The summed E-state index contributed by atoms with van der Waals surface area (Å²) in [6.45, 7) is 11.0. The molecule has 1 amide bonds. The zero-order chi connectivity index (χ0) is 14.8. The molecule has 0 bridgehead atoms. The fourth-order valence-corrected chi connectivity index (χ4v) is 1.33. The van der Waals surface area contributed by atoms with E-state index in [2.05, 4.69) is 5.32 Å². The van der Waals surface area contributed by atoms with E-state index in [9.17, 15) is 9.18 Å². The number of anilines is 1. The van der Waals surface area contributed by atoms with Crippen molar-refractivity contribution in [1.82, 2.24) is 0 Å². The van der Waals surface area contributed by atoms with E-state index in [1.165, 1.54) is 12.1 Å². The van der Waals surface area contributed by atoms with Gasteiger partial charge in [0.1, 0.15) is 17.2 Å². The van der Waals surface area contributed by atoms with E-state index < -0.39 is 11.2 Å². The summed E-state index contributed by atoms with van der Waals surface area (Å²) in [6, 6.07) is 4.34. The molecule has 4 heteroatoms. The minimum absolute atomic E-state index is 0.140. The van der Waals surface area contributed by atoms with Gasteiger partial charge in [-0.2, -0.15) is 0 Å². The molecule has 106 valence electrons. The summed E-state index contributed by atoms with van der Waals surface area (Å²) in [5.41, 5.74) is -0.808. The molecule has 0 radical (unpaired) electrons. The van der Waals surface area contributed by atoms with E-state index in [0.717, 1.165) is 0 Å². The second kappa shape index (κ2) is 5.19. The Morgan fingerprint density at radius 3 is 2.21 bits per heavy atom. The summed E-state index contributed by atoms with van der Waals surface area (Å²) in [5.74, 6) is -0.184. The monoisotopic (exact) mass is 267 g/mol. The average molecular weight is 267 g/mol. The predicted molar refractivity (Wildman–Crippen MR) is 74.9 cm³/mol. The number of carbonyl (C=O) groups excluding carboxylic acids is 1. The van der Waals surface area contributed by atoms with Gasteiger partial charge in [-0.1, -0.05) is 20.8 Å². The lowest BCUT2D eigenvalue weighted by atomic mass is 9.95. The number of ether oxygens (including phenoxy) is 1. The number of benzene rings is 1. The lowest BCUT2D eigenvalue weighted by Crippen LogP contribution is -2.28. The normalized spacial score (nSPS) is 12.2. The Morgan fingerprint density at radius 1 is 1.16 bits per heavy atom.